The molecule has 0 radical (unpaired) electrons. The minimum Gasteiger partial charge on any atom is -0.478 e. The minimum absolute atomic E-state index is 0.402. The van der Waals surface area contributed by atoms with Crippen molar-refractivity contribution >= 4 is 40.6 Å². The van der Waals surface area contributed by atoms with E-state index in [0.29, 0.717) is 11.1 Å². The number of hydrogen-bond donors (Lipinski definition) is 1. The van der Waals surface area contributed by atoms with E-state index in [2.05, 4.69) is 4.74 Å². The SMILES string of the molecule is COC(=O)c1cc(I)cc(/C=C/C(=O)O)c1. The normalized spacial score (nSPS) is 10.4. The number of ether oxygens (including phenoxy) is 1. The fourth-order valence-corrected chi connectivity index (χ4v) is 1.81. The van der Waals surface area contributed by atoms with Gasteiger partial charge in [-0.05, 0) is 52.4 Å². The average molecular weight is 332 g/mol. The molecule has 0 amide bonds. The highest BCUT2D eigenvalue weighted by atomic mass is 127. The highest BCUT2D eigenvalue weighted by Crippen LogP contribution is 2.14. The summed E-state index contributed by atoms with van der Waals surface area (Å²) in [6, 6.07) is 5.02. The van der Waals surface area contributed by atoms with Gasteiger partial charge in [-0.3, -0.25) is 0 Å². The molecule has 0 aromatic heterocycles. The lowest BCUT2D eigenvalue weighted by atomic mass is 10.1. The number of carboxylic acids is 1. The molecule has 0 saturated heterocycles. The number of hydrogen-bond acceptors (Lipinski definition) is 3. The van der Waals surface area contributed by atoms with Crippen molar-refractivity contribution in [2.24, 2.45) is 0 Å². The minimum atomic E-state index is -1.03. The summed E-state index contributed by atoms with van der Waals surface area (Å²) in [4.78, 5) is 21.6. The summed E-state index contributed by atoms with van der Waals surface area (Å²) in [6.07, 6.45) is 2.45. The Hall–Kier alpha value is -1.37. The molecule has 1 rings (SSSR count). The van der Waals surface area contributed by atoms with Gasteiger partial charge in [0.2, 0.25) is 0 Å². The van der Waals surface area contributed by atoms with Gasteiger partial charge in [0.25, 0.3) is 0 Å². The van der Waals surface area contributed by atoms with Crippen molar-refractivity contribution in [2.45, 2.75) is 0 Å². The average Bonchev–Trinajstić information content (AvgIpc) is 2.24. The molecule has 0 aliphatic heterocycles. The molecule has 0 spiro atoms. The first-order chi connectivity index (χ1) is 7.52. The molecular weight excluding hydrogens is 323 g/mol. The van der Waals surface area contributed by atoms with Crippen molar-refractivity contribution in [3.8, 4) is 0 Å². The monoisotopic (exact) mass is 332 g/mol. The van der Waals surface area contributed by atoms with E-state index in [1.54, 1.807) is 18.2 Å². The van der Waals surface area contributed by atoms with Crippen LogP contribution in [-0.2, 0) is 9.53 Å². The van der Waals surface area contributed by atoms with Crippen molar-refractivity contribution in [3.05, 3.63) is 39.0 Å². The van der Waals surface area contributed by atoms with E-state index in [1.165, 1.54) is 13.2 Å². The number of carboxylic acid groups (broad SMARTS) is 1. The quantitative estimate of drug-likeness (QED) is 0.524. The van der Waals surface area contributed by atoms with E-state index in [-0.39, 0.29) is 0 Å². The molecule has 0 fully saturated rings. The summed E-state index contributed by atoms with van der Waals surface area (Å²) in [5.74, 6) is -1.47. The summed E-state index contributed by atoms with van der Waals surface area (Å²) >= 11 is 2.05. The van der Waals surface area contributed by atoms with Crippen molar-refractivity contribution in [1.29, 1.82) is 0 Å². The predicted molar refractivity (Wildman–Crippen MR) is 67.2 cm³/mol. The number of aliphatic carboxylic acids is 1. The Kier molecular flexibility index (Phi) is 4.48. The topological polar surface area (TPSA) is 63.6 Å². The molecule has 0 bridgehead atoms. The molecule has 1 N–H and O–H groups in total. The summed E-state index contributed by atoms with van der Waals surface area (Å²) in [5, 5.41) is 8.49. The zero-order chi connectivity index (χ0) is 12.1. The summed E-state index contributed by atoms with van der Waals surface area (Å²) < 4.78 is 5.43. The summed E-state index contributed by atoms with van der Waals surface area (Å²) in [7, 11) is 1.30. The van der Waals surface area contributed by atoms with Gasteiger partial charge in [-0.25, -0.2) is 9.59 Å². The second-order valence-electron chi connectivity index (χ2n) is 2.94. The molecule has 5 heteroatoms. The van der Waals surface area contributed by atoms with Crippen LogP contribution in [0.4, 0.5) is 0 Å². The zero-order valence-corrected chi connectivity index (χ0v) is 10.6. The van der Waals surface area contributed by atoms with Crippen LogP contribution in [0.2, 0.25) is 0 Å². The lowest BCUT2D eigenvalue weighted by Crippen LogP contribution is -2.01. The third-order valence-electron chi connectivity index (χ3n) is 1.76. The van der Waals surface area contributed by atoms with Gasteiger partial charge in [-0.15, -0.1) is 0 Å². The molecule has 0 unspecified atom stereocenters. The summed E-state index contributed by atoms with van der Waals surface area (Å²) in [5.41, 5.74) is 1.05. The maximum atomic E-state index is 11.3. The molecule has 84 valence electrons. The number of halogens is 1. The third-order valence-corrected chi connectivity index (χ3v) is 2.38. The summed E-state index contributed by atoms with van der Waals surface area (Å²) in [6.45, 7) is 0. The molecule has 1 aromatic rings. The van der Waals surface area contributed by atoms with E-state index in [0.717, 1.165) is 9.65 Å². The van der Waals surface area contributed by atoms with Gasteiger partial charge in [0.1, 0.15) is 0 Å². The van der Waals surface area contributed by atoms with Gasteiger partial charge >= 0.3 is 11.9 Å². The van der Waals surface area contributed by atoms with Crippen molar-refractivity contribution in [2.75, 3.05) is 7.11 Å². The first-order valence-electron chi connectivity index (χ1n) is 4.33. The van der Waals surface area contributed by atoms with E-state index >= 15 is 0 Å². The number of carbonyl (C=O) groups is 2. The Morgan fingerprint density at radius 2 is 2.06 bits per heavy atom. The van der Waals surface area contributed by atoms with Gasteiger partial charge in [0, 0.05) is 9.65 Å². The van der Waals surface area contributed by atoms with E-state index in [4.69, 9.17) is 5.11 Å². The zero-order valence-electron chi connectivity index (χ0n) is 8.44. The molecule has 1 aromatic carbocycles. The molecule has 0 atom stereocenters. The largest absolute Gasteiger partial charge is 0.478 e. The van der Waals surface area contributed by atoms with Crippen LogP contribution in [0.5, 0.6) is 0 Å². The van der Waals surface area contributed by atoms with E-state index in [9.17, 15) is 9.59 Å². The van der Waals surface area contributed by atoms with Crippen LogP contribution >= 0.6 is 22.6 Å². The third kappa shape index (κ3) is 3.65. The van der Waals surface area contributed by atoms with Gasteiger partial charge in [0.15, 0.2) is 0 Å². The lowest BCUT2D eigenvalue weighted by molar-refractivity contribution is -0.131. The number of benzene rings is 1. The molecule has 0 saturated carbocycles. The van der Waals surface area contributed by atoms with Crippen LogP contribution in [0.3, 0.4) is 0 Å². The number of rotatable bonds is 3. The smallest absolute Gasteiger partial charge is 0.337 e. The first kappa shape index (κ1) is 12.7. The highest BCUT2D eigenvalue weighted by Gasteiger charge is 2.06. The second-order valence-corrected chi connectivity index (χ2v) is 4.18. The Balaban J connectivity index is 3.08. The fraction of sp³-hybridized carbons (Fsp3) is 0.0909. The molecule has 4 nitrogen and oxygen atoms in total. The van der Waals surface area contributed by atoms with Crippen LogP contribution in [-0.4, -0.2) is 24.2 Å². The van der Waals surface area contributed by atoms with Gasteiger partial charge < -0.3 is 9.84 Å². The number of carbonyl (C=O) groups excluding carboxylic acids is 1. The van der Waals surface area contributed by atoms with Gasteiger partial charge in [0.05, 0.1) is 12.7 Å². The Bertz CT molecular complexity index is 451. The number of esters is 1. The lowest BCUT2D eigenvalue weighted by Gasteiger charge is -2.02. The second kappa shape index (κ2) is 5.64. The highest BCUT2D eigenvalue weighted by molar-refractivity contribution is 14.1. The van der Waals surface area contributed by atoms with Crippen molar-refractivity contribution < 1.29 is 19.4 Å². The van der Waals surface area contributed by atoms with E-state index < -0.39 is 11.9 Å². The Labute approximate surface area is 106 Å². The van der Waals surface area contributed by atoms with Crippen LogP contribution in [0.25, 0.3) is 6.08 Å². The van der Waals surface area contributed by atoms with Crippen LogP contribution in [0, 0.1) is 3.57 Å². The van der Waals surface area contributed by atoms with Crippen LogP contribution < -0.4 is 0 Å². The van der Waals surface area contributed by atoms with Gasteiger partial charge in [-0.2, -0.15) is 0 Å². The molecule has 0 aliphatic rings. The van der Waals surface area contributed by atoms with Gasteiger partial charge in [-0.1, -0.05) is 0 Å². The molecule has 0 heterocycles. The molecule has 0 aliphatic carbocycles. The molecule has 16 heavy (non-hydrogen) atoms. The predicted octanol–water partition coefficient (Wildman–Crippen LogP) is 2.18. The molecular formula is C11H9IO4. The first-order valence-corrected chi connectivity index (χ1v) is 5.40. The maximum absolute atomic E-state index is 11.3. The standard InChI is InChI=1S/C11H9IO4/c1-16-11(15)8-4-7(2-3-10(13)14)5-9(12)6-8/h2-6H,1H3,(H,13,14)/b3-2+. The number of methoxy groups -OCH3 is 1. The fourth-order valence-electron chi connectivity index (χ4n) is 1.11. The maximum Gasteiger partial charge on any atom is 0.337 e. The van der Waals surface area contributed by atoms with E-state index in [1.807, 2.05) is 22.6 Å². The Morgan fingerprint density at radius 1 is 1.38 bits per heavy atom. The van der Waals surface area contributed by atoms with Crippen molar-refractivity contribution in [3.63, 3.8) is 0 Å². The van der Waals surface area contributed by atoms with Crippen LogP contribution in [0.1, 0.15) is 15.9 Å². The van der Waals surface area contributed by atoms with Crippen molar-refractivity contribution in [1.82, 2.24) is 0 Å². The van der Waals surface area contributed by atoms with Crippen LogP contribution in [0.15, 0.2) is 24.3 Å². The Morgan fingerprint density at radius 3 is 2.62 bits per heavy atom.